The summed E-state index contributed by atoms with van der Waals surface area (Å²) in [7, 11) is 0. The Morgan fingerprint density at radius 1 is 1.17 bits per heavy atom. The fourth-order valence-electron chi connectivity index (χ4n) is 3.27. The monoisotopic (exact) mass is 351 g/mol. The number of anilines is 1. The second kappa shape index (κ2) is 5.98. The number of nitrogens with zero attached hydrogens (tertiary/aromatic N) is 4. The predicted octanol–water partition coefficient (Wildman–Crippen LogP) is 2.31. The average molecular weight is 351 g/mol. The molecule has 132 valence electrons. The summed E-state index contributed by atoms with van der Waals surface area (Å²) >= 11 is 1.22. The highest BCUT2D eigenvalue weighted by Crippen LogP contribution is 2.40. The van der Waals surface area contributed by atoms with Crippen molar-refractivity contribution in [1.82, 2.24) is 19.2 Å². The van der Waals surface area contributed by atoms with Crippen molar-refractivity contribution < 1.29 is 9.59 Å². The summed E-state index contributed by atoms with van der Waals surface area (Å²) in [5, 5.41) is 3.41. The molecule has 1 spiro atoms. The zero-order chi connectivity index (χ0) is 17.5. The van der Waals surface area contributed by atoms with E-state index < -0.39 is 0 Å². The third-order valence-corrected chi connectivity index (χ3v) is 5.55. The van der Waals surface area contributed by atoms with E-state index in [0.717, 1.165) is 44.8 Å². The first-order valence-corrected chi connectivity index (χ1v) is 9.12. The predicted molar refractivity (Wildman–Crippen MR) is 93.1 cm³/mol. The molecule has 8 heteroatoms. The first-order valence-electron chi connectivity index (χ1n) is 8.34. The number of hydrogen-bond acceptors (Lipinski definition) is 5. The van der Waals surface area contributed by atoms with Crippen molar-refractivity contribution in [2.24, 2.45) is 5.41 Å². The molecule has 2 aliphatic rings. The number of carbonyl (C=O) groups excluding carboxylic acids is 2. The van der Waals surface area contributed by atoms with Crippen LogP contribution < -0.4 is 5.32 Å². The molecule has 1 N–H and O–H groups in total. The van der Waals surface area contributed by atoms with Crippen LogP contribution >= 0.6 is 11.5 Å². The molecule has 0 bridgehead atoms. The summed E-state index contributed by atoms with van der Waals surface area (Å²) in [4.78, 5) is 31.9. The Kier molecular flexibility index (Phi) is 4.27. The molecule has 3 amide bonds. The fraction of sp³-hybridized carbons (Fsp3) is 0.750. The summed E-state index contributed by atoms with van der Waals surface area (Å²) < 4.78 is 4.31. The number of hydrogen-bond donors (Lipinski definition) is 1. The van der Waals surface area contributed by atoms with Crippen LogP contribution in [0.2, 0.25) is 0 Å². The van der Waals surface area contributed by atoms with E-state index in [1.54, 1.807) is 6.92 Å². The van der Waals surface area contributed by atoms with Crippen LogP contribution in [-0.2, 0) is 10.2 Å². The highest BCUT2D eigenvalue weighted by Gasteiger charge is 2.47. The lowest BCUT2D eigenvalue weighted by atomic mass is 9.72. The van der Waals surface area contributed by atoms with E-state index in [9.17, 15) is 9.59 Å². The lowest BCUT2D eigenvalue weighted by Gasteiger charge is -2.53. The zero-order valence-corrected chi connectivity index (χ0v) is 15.6. The van der Waals surface area contributed by atoms with Gasteiger partial charge in [0.2, 0.25) is 11.0 Å². The van der Waals surface area contributed by atoms with Crippen molar-refractivity contribution in [2.45, 2.75) is 46.0 Å². The molecule has 0 aliphatic carbocycles. The first kappa shape index (κ1) is 17.1. The molecule has 2 fully saturated rings. The molecule has 0 aromatic carbocycles. The van der Waals surface area contributed by atoms with Gasteiger partial charge in [0.25, 0.3) is 0 Å². The van der Waals surface area contributed by atoms with Crippen molar-refractivity contribution in [2.75, 3.05) is 31.5 Å². The highest BCUT2D eigenvalue weighted by atomic mass is 32.1. The number of likely N-dealkylation sites (tertiary alicyclic amines) is 2. The molecule has 0 unspecified atom stereocenters. The van der Waals surface area contributed by atoms with Gasteiger partial charge >= 0.3 is 6.03 Å². The van der Waals surface area contributed by atoms with Gasteiger partial charge in [-0.25, -0.2) is 9.78 Å². The summed E-state index contributed by atoms with van der Waals surface area (Å²) in [5.74, 6) is 0.893. The maximum atomic E-state index is 12.3. The molecule has 3 rings (SSSR count). The summed E-state index contributed by atoms with van der Waals surface area (Å²) in [6.45, 7) is 10.9. The minimum absolute atomic E-state index is 0.105. The number of piperidine rings is 1. The molecule has 0 atom stereocenters. The van der Waals surface area contributed by atoms with Crippen molar-refractivity contribution >= 4 is 28.6 Å². The van der Waals surface area contributed by atoms with Gasteiger partial charge in [-0.2, -0.15) is 4.37 Å². The van der Waals surface area contributed by atoms with E-state index in [1.165, 1.54) is 11.5 Å². The molecule has 1 aromatic heterocycles. The maximum Gasteiger partial charge on any atom is 0.323 e. The van der Waals surface area contributed by atoms with Crippen LogP contribution in [0.25, 0.3) is 0 Å². The Balaban J connectivity index is 1.50. The van der Waals surface area contributed by atoms with E-state index in [0.29, 0.717) is 5.13 Å². The second-order valence-corrected chi connectivity index (χ2v) is 8.72. The van der Waals surface area contributed by atoms with Gasteiger partial charge in [0.15, 0.2) is 0 Å². The summed E-state index contributed by atoms with van der Waals surface area (Å²) in [5.41, 5.74) is 0.0754. The Bertz CT molecular complexity index is 635. The zero-order valence-electron chi connectivity index (χ0n) is 14.8. The molecule has 7 nitrogen and oxygen atoms in total. The first-order chi connectivity index (χ1) is 11.2. The van der Waals surface area contributed by atoms with Crippen LogP contribution in [0, 0.1) is 5.41 Å². The van der Waals surface area contributed by atoms with Gasteiger partial charge in [-0.15, -0.1) is 0 Å². The third kappa shape index (κ3) is 3.38. The van der Waals surface area contributed by atoms with Crippen LogP contribution in [-0.4, -0.2) is 57.3 Å². The Morgan fingerprint density at radius 3 is 2.29 bits per heavy atom. The Morgan fingerprint density at radius 2 is 1.79 bits per heavy atom. The lowest BCUT2D eigenvalue weighted by Crippen LogP contribution is -2.62. The molecule has 24 heavy (non-hydrogen) atoms. The van der Waals surface area contributed by atoms with Gasteiger partial charge in [-0.1, -0.05) is 20.8 Å². The van der Waals surface area contributed by atoms with E-state index >= 15 is 0 Å². The van der Waals surface area contributed by atoms with Gasteiger partial charge in [0.05, 0.1) is 0 Å². The van der Waals surface area contributed by atoms with Crippen LogP contribution in [0.5, 0.6) is 0 Å². The minimum Gasteiger partial charge on any atom is -0.343 e. The van der Waals surface area contributed by atoms with Gasteiger partial charge in [0, 0.05) is 55.5 Å². The molecule has 1 aromatic rings. The number of aromatic nitrogens is 2. The molecular weight excluding hydrogens is 326 g/mol. The van der Waals surface area contributed by atoms with Gasteiger partial charge < -0.3 is 9.80 Å². The largest absolute Gasteiger partial charge is 0.343 e. The number of urea groups is 1. The van der Waals surface area contributed by atoms with Crippen LogP contribution in [0.4, 0.5) is 9.93 Å². The van der Waals surface area contributed by atoms with E-state index in [4.69, 9.17) is 0 Å². The van der Waals surface area contributed by atoms with Gasteiger partial charge in [-0.3, -0.25) is 10.1 Å². The smallest absolute Gasteiger partial charge is 0.323 e. The second-order valence-electron chi connectivity index (χ2n) is 7.97. The molecular formula is C16H25N5O2S. The highest BCUT2D eigenvalue weighted by molar-refractivity contribution is 7.09. The number of rotatable bonds is 1. The number of nitrogens with one attached hydrogen (secondary N) is 1. The van der Waals surface area contributed by atoms with Crippen LogP contribution in [0.3, 0.4) is 0 Å². The lowest BCUT2D eigenvalue weighted by molar-refractivity contribution is -0.133. The maximum absolute atomic E-state index is 12.3. The number of carbonyl (C=O) groups is 2. The van der Waals surface area contributed by atoms with Crippen LogP contribution in [0.1, 0.15) is 46.4 Å². The van der Waals surface area contributed by atoms with E-state index in [-0.39, 0.29) is 22.8 Å². The molecule has 2 saturated heterocycles. The molecule has 2 aliphatic heterocycles. The van der Waals surface area contributed by atoms with Crippen molar-refractivity contribution in [1.29, 1.82) is 0 Å². The minimum atomic E-state index is -0.120. The quantitative estimate of drug-likeness (QED) is 0.842. The Hall–Kier alpha value is -1.70. The van der Waals surface area contributed by atoms with Gasteiger partial charge in [-0.05, 0) is 12.8 Å². The number of amides is 3. The topological polar surface area (TPSA) is 78.4 Å². The third-order valence-electron chi connectivity index (χ3n) is 4.92. The van der Waals surface area contributed by atoms with Crippen LogP contribution in [0.15, 0.2) is 0 Å². The fourth-order valence-corrected chi connectivity index (χ4v) is 4.02. The molecule has 0 saturated carbocycles. The standard InChI is InChI=1S/C16H25N5O2S/c1-11(22)20-7-5-16(6-8-20)9-21(10-16)14(23)18-13-17-12(19-24-13)15(2,3)4/h5-10H2,1-4H3,(H,17,18,19,23). The average Bonchev–Trinajstić information content (AvgIpc) is 2.93. The SMILES string of the molecule is CC(=O)N1CCC2(CC1)CN(C(=O)Nc1nc(C(C)(C)C)ns1)C2. The van der Waals surface area contributed by atoms with Crippen molar-refractivity contribution in [3.05, 3.63) is 5.82 Å². The van der Waals surface area contributed by atoms with Crippen molar-refractivity contribution in [3.8, 4) is 0 Å². The van der Waals surface area contributed by atoms with E-state index in [1.807, 2.05) is 30.6 Å². The normalized spacial score (nSPS) is 20.0. The van der Waals surface area contributed by atoms with E-state index in [2.05, 4.69) is 14.7 Å². The van der Waals surface area contributed by atoms with Crippen molar-refractivity contribution in [3.63, 3.8) is 0 Å². The van der Waals surface area contributed by atoms with Gasteiger partial charge in [0.1, 0.15) is 5.82 Å². The summed E-state index contributed by atoms with van der Waals surface area (Å²) in [6.07, 6.45) is 1.95. The Labute approximate surface area is 146 Å². The molecule has 3 heterocycles. The molecule has 0 radical (unpaired) electrons. The summed E-state index contributed by atoms with van der Waals surface area (Å²) in [6, 6.07) is -0.105.